The molecule has 130 valence electrons. The van der Waals surface area contributed by atoms with Gasteiger partial charge in [0.15, 0.2) is 11.5 Å². The van der Waals surface area contributed by atoms with Crippen molar-refractivity contribution in [2.75, 3.05) is 0 Å². The molecule has 1 aromatic carbocycles. The zero-order valence-electron chi connectivity index (χ0n) is 13.5. The molecule has 2 aromatic heterocycles. The highest BCUT2D eigenvalue weighted by atomic mass is 32.2. The van der Waals surface area contributed by atoms with Crippen LogP contribution >= 0.6 is 0 Å². The third-order valence-electron chi connectivity index (χ3n) is 3.33. The number of carbonyl (C=O) groups is 1. The van der Waals surface area contributed by atoms with Crippen LogP contribution in [-0.2, 0) is 16.6 Å². The molecule has 9 nitrogen and oxygen atoms in total. The van der Waals surface area contributed by atoms with Gasteiger partial charge in [-0.3, -0.25) is 4.79 Å². The van der Waals surface area contributed by atoms with Crippen molar-refractivity contribution in [2.24, 2.45) is 0 Å². The van der Waals surface area contributed by atoms with E-state index in [2.05, 4.69) is 20.6 Å². The van der Waals surface area contributed by atoms with Crippen molar-refractivity contribution in [1.82, 2.24) is 24.6 Å². The fraction of sp³-hybridized carbons (Fsp3) is 0.200. The predicted molar refractivity (Wildman–Crippen MR) is 86.2 cm³/mol. The molecule has 0 aliphatic carbocycles. The molecule has 0 saturated heterocycles. The summed E-state index contributed by atoms with van der Waals surface area (Å²) in [4.78, 5) is 16.1. The Morgan fingerprint density at radius 1 is 1.20 bits per heavy atom. The first-order valence-corrected chi connectivity index (χ1v) is 8.75. The van der Waals surface area contributed by atoms with Crippen molar-refractivity contribution in [3.63, 3.8) is 0 Å². The van der Waals surface area contributed by atoms with Gasteiger partial charge in [0, 0.05) is 6.20 Å². The fourth-order valence-electron chi connectivity index (χ4n) is 2.04. The quantitative estimate of drug-likeness (QED) is 0.721. The number of benzene rings is 1. The number of nitrogens with one attached hydrogen (secondary N) is 1. The molecule has 0 aliphatic heterocycles. The number of aryl methyl sites for hydroxylation is 2. The van der Waals surface area contributed by atoms with Crippen LogP contribution in [0.25, 0.3) is 0 Å². The summed E-state index contributed by atoms with van der Waals surface area (Å²) < 4.78 is 30.6. The average molecular weight is 361 g/mol. The van der Waals surface area contributed by atoms with Gasteiger partial charge in [-0.25, -0.2) is 0 Å². The number of hydrogen-bond acceptors (Lipinski definition) is 7. The summed E-state index contributed by atoms with van der Waals surface area (Å²) in [6.07, 6.45) is 1.22. The summed E-state index contributed by atoms with van der Waals surface area (Å²) in [6, 6.07) is 7.68. The van der Waals surface area contributed by atoms with Gasteiger partial charge in [-0.1, -0.05) is 22.9 Å². The highest BCUT2D eigenvalue weighted by Gasteiger charge is 2.20. The minimum absolute atomic E-state index is 0.0250. The number of rotatable bonds is 5. The van der Waals surface area contributed by atoms with Crippen LogP contribution in [0.5, 0.6) is 0 Å². The van der Waals surface area contributed by atoms with E-state index in [0.29, 0.717) is 5.82 Å². The molecule has 1 N–H and O–H groups in total. The number of carbonyl (C=O) groups excluding carboxylic acids is 1. The normalized spacial score (nSPS) is 11.4. The van der Waals surface area contributed by atoms with Gasteiger partial charge in [0.05, 0.1) is 11.4 Å². The van der Waals surface area contributed by atoms with Gasteiger partial charge < -0.3 is 9.84 Å². The van der Waals surface area contributed by atoms with Gasteiger partial charge in [0.1, 0.15) is 0 Å². The van der Waals surface area contributed by atoms with E-state index in [0.717, 1.165) is 9.65 Å². The highest BCUT2D eigenvalue weighted by Crippen LogP contribution is 2.14. The van der Waals surface area contributed by atoms with E-state index < -0.39 is 15.9 Å². The molecular weight excluding hydrogens is 346 g/mol. The number of hydrogen-bond donors (Lipinski definition) is 1. The minimum atomic E-state index is -3.85. The summed E-state index contributed by atoms with van der Waals surface area (Å²) in [5.74, 6) is 0.156. The standard InChI is InChI=1S/C15H15N5O4S/c1-10-3-5-12(6-4-10)25(22,23)20-8-7-13(18-20)15(21)16-9-14-17-11(2)19-24-14/h3-8H,9H2,1-2H3,(H,16,21). The van der Waals surface area contributed by atoms with Crippen LogP contribution in [0.4, 0.5) is 0 Å². The zero-order chi connectivity index (χ0) is 18.0. The SMILES string of the molecule is Cc1ccc(S(=O)(=O)n2ccc(C(=O)NCc3nc(C)no3)n2)cc1. The lowest BCUT2D eigenvalue weighted by molar-refractivity contribution is 0.0941. The van der Waals surface area contributed by atoms with Crippen LogP contribution < -0.4 is 5.32 Å². The van der Waals surface area contributed by atoms with E-state index in [-0.39, 0.29) is 23.0 Å². The maximum Gasteiger partial charge on any atom is 0.282 e. The van der Waals surface area contributed by atoms with E-state index in [1.807, 2.05) is 6.92 Å². The van der Waals surface area contributed by atoms with Gasteiger partial charge in [-0.15, -0.1) is 0 Å². The Kier molecular flexibility index (Phi) is 4.36. The Bertz CT molecular complexity index is 1000. The van der Waals surface area contributed by atoms with Crippen LogP contribution in [0.15, 0.2) is 45.9 Å². The highest BCUT2D eigenvalue weighted by molar-refractivity contribution is 7.89. The average Bonchev–Trinajstić information content (AvgIpc) is 3.22. The Balaban J connectivity index is 1.75. The van der Waals surface area contributed by atoms with Gasteiger partial charge in [-0.2, -0.15) is 22.6 Å². The molecule has 1 amide bonds. The molecule has 0 atom stereocenters. The van der Waals surface area contributed by atoms with Crippen molar-refractivity contribution in [3.05, 3.63) is 59.5 Å². The van der Waals surface area contributed by atoms with Gasteiger partial charge in [-0.05, 0) is 32.0 Å². The van der Waals surface area contributed by atoms with Crippen molar-refractivity contribution in [1.29, 1.82) is 0 Å². The number of nitrogens with zero attached hydrogens (tertiary/aromatic N) is 4. The lowest BCUT2D eigenvalue weighted by Gasteiger charge is -2.04. The lowest BCUT2D eigenvalue weighted by atomic mass is 10.2. The van der Waals surface area contributed by atoms with E-state index in [1.54, 1.807) is 19.1 Å². The van der Waals surface area contributed by atoms with Crippen LogP contribution in [0.3, 0.4) is 0 Å². The molecule has 0 radical (unpaired) electrons. The maximum absolute atomic E-state index is 12.5. The van der Waals surface area contributed by atoms with Crippen LogP contribution in [0, 0.1) is 13.8 Å². The second-order valence-corrected chi connectivity index (χ2v) is 7.11. The Labute approximate surface area is 143 Å². The van der Waals surface area contributed by atoms with Gasteiger partial charge in [0.25, 0.3) is 15.9 Å². The second-order valence-electron chi connectivity index (χ2n) is 5.31. The molecule has 3 rings (SSSR count). The van der Waals surface area contributed by atoms with Crippen molar-refractivity contribution in [2.45, 2.75) is 25.3 Å². The molecule has 0 saturated carbocycles. The largest absolute Gasteiger partial charge is 0.342 e. The number of aromatic nitrogens is 4. The minimum Gasteiger partial charge on any atom is -0.342 e. The summed E-state index contributed by atoms with van der Waals surface area (Å²) in [6.45, 7) is 3.54. The topological polar surface area (TPSA) is 120 Å². The van der Waals surface area contributed by atoms with Crippen molar-refractivity contribution >= 4 is 15.9 Å². The third kappa shape index (κ3) is 3.58. The Morgan fingerprint density at radius 3 is 2.56 bits per heavy atom. The first-order chi connectivity index (χ1) is 11.9. The van der Waals surface area contributed by atoms with E-state index in [9.17, 15) is 13.2 Å². The molecular formula is C15H15N5O4S. The molecule has 3 aromatic rings. The first-order valence-electron chi connectivity index (χ1n) is 7.31. The first kappa shape index (κ1) is 16.8. The van der Waals surface area contributed by atoms with Crippen LogP contribution in [-0.4, -0.2) is 33.7 Å². The summed E-state index contributed by atoms with van der Waals surface area (Å²) in [5.41, 5.74) is 0.905. The number of amides is 1. The Morgan fingerprint density at radius 2 is 1.92 bits per heavy atom. The van der Waals surface area contributed by atoms with Crippen LogP contribution in [0.1, 0.15) is 27.8 Å². The molecule has 25 heavy (non-hydrogen) atoms. The molecule has 0 aliphatic rings. The van der Waals surface area contributed by atoms with Gasteiger partial charge >= 0.3 is 0 Å². The summed E-state index contributed by atoms with van der Waals surface area (Å²) in [5, 5.41) is 9.99. The van der Waals surface area contributed by atoms with E-state index in [1.165, 1.54) is 24.4 Å². The van der Waals surface area contributed by atoms with Crippen LogP contribution in [0.2, 0.25) is 0 Å². The molecule has 0 unspecified atom stereocenters. The maximum atomic E-state index is 12.5. The van der Waals surface area contributed by atoms with E-state index in [4.69, 9.17) is 4.52 Å². The molecule has 2 heterocycles. The monoisotopic (exact) mass is 361 g/mol. The molecule has 10 heteroatoms. The predicted octanol–water partition coefficient (Wildman–Crippen LogP) is 1.05. The molecule has 0 fully saturated rings. The smallest absolute Gasteiger partial charge is 0.282 e. The molecule has 0 spiro atoms. The van der Waals surface area contributed by atoms with Crippen molar-refractivity contribution < 1.29 is 17.7 Å². The van der Waals surface area contributed by atoms with E-state index >= 15 is 0 Å². The third-order valence-corrected chi connectivity index (χ3v) is 4.90. The Hall–Kier alpha value is -3.01. The van der Waals surface area contributed by atoms with Crippen molar-refractivity contribution in [3.8, 4) is 0 Å². The lowest BCUT2D eigenvalue weighted by Crippen LogP contribution is -2.24. The second kappa shape index (κ2) is 6.48. The molecule has 0 bridgehead atoms. The summed E-state index contributed by atoms with van der Waals surface area (Å²) >= 11 is 0. The summed E-state index contributed by atoms with van der Waals surface area (Å²) in [7, 11) is -3.85. The zero-order valence-corrected chi connectivity index (χ0v) is 14.3. The fourth-order valence-corrected chi connectivity index (χ4v) is 3.15. The van der Waals surface area contributed by atoms with Gasteiger partial charge in [0.2, 0.25) is 5.89 Å².